The minimum Gasteiger partial charge on any atom is -0.352 e. The molecule has 3 aromatic rings. The maximum absolute atomic E-state index is 12.9. The van der Waals surface area contributed by atoms with Gasteiger partial charge >= 0.3 is 0 Å². The molecule has 1 atom stereocenters. The zero-order chi connectivity index (χ0) is 21.8. The Labute approximate surface area is 186 Å². The number of amides is 1. The van der Waals surface area contributed by atoms with Crippen LogP contribution in [-0.4, -0.2) is 41.3 Å². The van der Waals surface area contributed by atoms with Crippen LogP contribution in [0.5, 0.6) is 0 Å². The Balaban J connectivity index is 1.32. The average Bonchev–Trinajstić information content (AvgIpc) is 3.45. The molecule has 1 amide bonds. The summed E-state index contributed by atoms with van der Waals surface area (Å²) in [5.74, 6) is -0.421. The fourth-order valence-electron chi connectivity index (χ4n) is 3.74. The molecule has 4 rings (SSSR count). The predicted octanol–water partition coefficient (Wildman–Crippen LogP) is 3.02. The van der Waals surface area contributed by atoms with Crippen LogP contribution in [0, 0.1) is 12.8 Å². The normalized spacial score (nSPS) is 17.5. The van der Waals surface area contributed by atoms with E-state index in [1.54, 1.807) is 18.6 Å². The van der Waals surface area contributed by atoms with Crippen LogP contribution in [0.25, 0.3) is 0 Å². The molecule has 0 saturated carbocycles. The standard InChI is InChI=1S/C22H26N4O3S2/c1-17-4-9-21(30-17)31(28,29)26-11-2-3-20(15-26)22(27)24-13-18-5-7-19(8-6-18)14-25-12-10-23-16-25/h4-10,12,16,20H,2-3,11,13-15H2,1H3,(H,24,27). The summed E-state index contributed by atoms with van der Waals surface area (Å²) in [7, 11) is -3.54. The molecule has 0 aliphatic carbocycles. The summed E-state index contributed by atoms with van der Waals surface area (Å²) < 4.78 is 29.6. The number of imidazole rings is 1. The van der Waals surface area contributed by atoms with Gasteiger partial charge in [0.2, 0.25) is 5.91 Å². The molecule has 1 aliphatic heterocycles. The van der Waals surface area contributed by atoms with Gasteiger partial charge in [0.05, 0.1) is 12.2 Å². The van der Waals surface area contributed by atoms with Crippen LogP contribution in [0.4, 0.5) is 0 Å². The van der Waals surface area contributed by atoms with Crippen molar-refractivity contribution in [3.8, 4) is 0 Å². The fraction of sp³-hybridized carbons (Fsp3) is 0.364. The lowest BCUT2D eigenvalue weighted by Gasteiger charge is -2.30. The van der Waals surface area contributed by atoms with Crippen molar-refractivity contribution in [1.29, 1.82) is 0 Å². The SMILES string of the molecule is Cc1ccc(S(=O)(=O)N2CCCC(C(=O)NCc3ccc(Cn4ccnc4)cc3)C2)s1. The average molecular weight is 459 g/mol. The number of nitrogens with zero attached hydrogens (tertiary/aromatic N) is 3. The number of aryl methyl sites for hydroxylation is 1. The van der Waals surface area contributed by atoms with Gasteiger partial charge in [-0.1, -0.05) is 24.3 Å². The molecule has 1 fully saturated rings. The third-order valence-corrected chi connectivity index (χ3v) is 8.81. The second kappa shape index (κ2) is 9.33. The van der Waals surface area contributed by atoms with Crippen molar-refractivity contribution in [3.63, 3.8) is 0 Å². The Morgan fingerprint density at radius 1 is 1.19 bits per heavy atom. The minimum absolute atomic E-state index is 0.0928. The molecular formula is C22H26N4O3S2. The van der Waals surface area contributed by atoms with E-state index >= 15 is 0 Å². The highest BCUT2D eigenvalue weighted by molar-refractivity contribution is 7.91. The Kier molecular flexibility index (Phi) is 6.54. The molecule has 31 heavy (non-hydrogen) atoms. The van der Waals surface area contributed by atoms with Crippen LogP contribution >= 0.6 is 11.3 Å². The highest BCUT2D eigenvalue weighted by atomic mass is 32.2. The zero-order valence-electron chi connectivity index (χ0n) is 17.4. The van der Waals surface area contributed by atoms with Crippen LogP contribution in [-0.2, 0) is 27.9 Å². The summed E-state index contributed by atoms with van der Waals surface area (Å²) in [5, 5.41) is 2.98. The summed E-state index contributed by atoms with van der Waals surface area (Å²) in [4.78, 5) is 17.7. The van der Waals surface area contributed by atoms with Crippen molar-refractivity contribution in [3.05, 3.63) is 71.1 Å². The van der Waals surface area contributed by atoms with Crippen molar-refractivity contribution in [1.82, 2.24) is 19.2 Å². The Hall–Kier alpha value is -2.49. The number of nitrogens with one attached hydrogen (secondary N) is 1. The molecule has 3 heterocycles. The molecule has 7 nitrogen and oxygen atoms in total. The molecule has 0 radical (unpaired) electrons. The van der Waals surface area contributed by atoms with E-state index in [4.69, 9.17) is 0 Å². The first-order valence-corrected chi connectivity index (χ1v) is 12.6. The molecule has 1 saturated heterocycles. The second-order valence-electron chi connectivity index (χ2n) is 7.84. The monoisotopic (exact) mass is 458 g/mol. The summed E-state index contributed by atoms with van der Waals surface area (Å²) >= 11 is 1.27. The molecule has 0 bridgehead atoms. The first-order valence-electron chi connectivity index (χ1n) is 10.3. The molecule has 0 spiro atoms. The molecular weight excluding hydrogens is 432 g/mol. The van der Waals surface area contributed by atoms with Gasteiger partial charge in [0.15, 0.2) is 0 Å². The predicted molar refractivity (Wildman–Crippen MR) is 120 cm³/mol. The van der Waals surface area contributed by atoms with Gasteiger partial charge in [-0.15, -0.1) is 11.3 Å². The number of piperidine rings is 1. The van der Waals surface area contributed by atoms with Crippen molar-refractivity contribution in [2.45, 2.75) is 37.1 Å². The Morgan fingerprint density at radius 3 is 2.65 bits per heavy atom. The third kappa shape index (κ3) is 5.23. The van der Waals surface area contributed by atoms with E-state index in [1.165, 1.54) is 15.6 Å². The van der Waals surface area contributed by atoms with Gasteiger partial charge in [-0.3, -0.25) is 4.79 Å². The topological polar surface area (TPSA) is 84.3 Å². The molecule has 2 aromatic heterocycles. The highest BCUT2D eigenvalue weighted by Crippen LogP contribution is 2.28. The number of hydrogen-bond acceptors (Lipinski definition) is 5. The van der Waals surface area contributed by atoms with E-state index in [1.807, 2.05) is 48.0 Å². The summed E-state index contributed by atoms with van der Waals surface area (Å²) in [6, 6.07) is 11.5. The number of sulfonamides is 1. The number of hydrogen-bond donors (Lipinski definition) is 1. The Morgan fingerprint density at radius 2 is 1.97 bits per heavy atom. The number of benzene rings is 1. The van der Waals surface area contributed by atoms with E-state index in [9.17, 15) is 13.2 Å². The summed E-state index contributed by atoms with van der Waals surface area (Å²) in [6.07, 6.45) is 6.83. The maximum atomic E-state index is 12.9. The van der Waals surface area contributed by atoms with Crippen LogP contribution in [0.2, 0.25) is 0 Å². The van der Waals surface area contributed by atoms with E-state index in [0.717, 1.165) is 22.5 Å². The van der Waals surface area contributed by atoms with Gasteiger partial charge in [0.1, 0.15) is 4.21 Å². The van der Waals surface area contributed by atoms with E-state index in [-0.39, 0.29) is 18.4 Å². The van der Waals surface area contributed by atoms with Crippen LogP contribution in [0.1, 0.15) is 28.8 Å². The summed E-state index contributed by atoms with van der Waals surface area (Å²) in [6.45, 7) is 3.76. The first-order chi connectivity index (χ1) is 14.9. The van der Waals surface area contributed by atoms with Crippen molar-refractivity contribution >= 4 is 27.3 Å². The molecule has 1 N–H and O–H groups in total. The van der Waals surface area contributed by atoms with Gasteiger partial charge in [-0.05, 0) is 43.0 Å². The van der Waals surface area contributed by atoms with Crippen LogP contribution in [0.3, 0.4) is 0 Å². The largest absolute Gasteiger partial charge is 0.352 e. The minimum atomic E-state index is -3.54. The van der Waals surface area contributed by atoms with Gasteiger partial charge in [0.25, 0.3) is 10.0 Å². The van der Waals surface area contributed by atoms with Gasteiger partial charge < -0.3 is 9.88 Å². The molecule has 9 heteroatoms. The highest BCUT2D eigenvalue weighted by Gasteiger charge is 2.33. The smallest absolute Gasteiger partial charge is 0.252 e. The molecule has 1 aromatic carbocycles. The molecule has 164 valence electrons. The third-order valence-electron chi connectivity index (χ3n) is 5.48. The Bertz CT molecular complexity index is 1120. The zero-order valence-corrected chi connectivity index (χ0v) is 19.0. The number of rotatable bonds is 7. The number of aromatic nitrogens is 2. The maximum Gasteiger partial charge on any atom is 0.252 e. The molecule has 1 aliphatic rings. The van der Waals surface area contributed by atoms with Crippen LogP contribution < -0.4 is 5.32 Å². The molecule has 1 unspecified atom stereocenters. The quantitative estimate of drug-likeness (QED) is 0.590. The van der Waals surface area contributed by atoms with Gasteiger partial charge in [0, 0.05) is 43.4 Å². The van der Waals surface area contributed by atoms with Crippen molar-refractivity contribution in [2.24, 2.45) is 5.92 Å². The van der Waals surface area contributed by atoms with Crippen molar-refractivity contribution < 1.29 is 13.2 Å². The number of carbonyl (C=O) groups is 1. The fourth-order valence-corrected chi connectivity index (χ4v) is 6.70. The lowest BCUT2D eigenvalue weighted by atomic mass is 9.98. The van der Waals surface area contributed by atoms with E-state index in [2.05, 4.69) is 10.3 Å². The van der Waals surface area contributed by atoms with Gasteiger partial charge in [-0.2, -0.15) is 4.31 Å². The van der Waals surface area contributed by atoms with Crippen molar-refractivity contribution in [2.75, 3.05) is 13.1 Å². The van der Waals surface area contributed by atoms with Gasteiger partial charge in [-0.25, -0.2) is 13.4 Å². The lowest BCUT2D eigenvalue weighted by molar-refractivity contribution is -0.126. The van der Waals surface area contributed by atoms with E-state index in [0.29, 0.717) is 30.1 Å². The van der Waals surface area contributed by atoms with E-state index < -0.39 is 10.0 Å². The second-order valence-corrected chi connectivity index (χ2v) is 11.3. The number of carbonyl (C=O) groups excluding carboxylic acids is 1. The first kappa shape index (κ1) is 21.7. The lowest BCUT2D eigenvalue weighted by Crippen LogP contribution is -2.45. The van der Waals surface area contributed by atoms with Crippen LogP contribution in [0.15, 0.2) is 59.3 Å². The number of thiophene rings is 1. The summed E-state index contributed by atoms with van der Waals surface area (Å²) in [5.41, 5.74) is 2.17.